The van der Waals surface area contributed by atoms with Crippen molar-refractivity contribution in [2.45, 2.75) is 32.7 Å². The van der Waals surface area contributed by atoms with Crippen molar-refractivity contribution in [2.75, 3.05) is 19.7 Å². The molecule has 150 valence electrons. The Morgan fingerprint density at radius 2 is 1.66 bits per heavy atom. The molecule has 1 aromatic carbocycles. The SMILES string of the molecule is CCCOc1ccc(C2=C(N3CCCC3)C(=O)N(Cc3ccncc3)C2=O)cc1. The molecule has 1 fully saturated rings. The first-order valence-corrected chi connectivity index (χ1v) is 10.2. The number of carbonyl (C=O) groups is 2. The molecule has 3 heterocycles. The molecule has 0 spiro atoms. The summed E-state index contributed by atoms with van der Waals surface area (Å²) in [6.07, 6.45) is 6.35. The smallest absolute Gasteiger partial charge is 0.278 e. The summed E-state index contributed by atoms with van der Waals surface area (Å²) in [7, 11) is 0. The molecule has 6 heteroatoms. The predicted octanol–water partition coefficient (Wildman–Crippen LogP) is 3.25. The summed E-state index contributed by atoms with van der Waals surface area (Å²) in [5.74, 6) is 0.315. The van der Waals surface area contributed by atoms with Gasteiger partial charge < -0.3 is 9.64 Å². The number of hydrogen-bond donors (Lipinski definition) is 0. The van der Waals surface area contributed by atoms with Crippen molar-refractivity contribution >= 4 is 17.4 Å². The number of ether oxygens (including phenoxy) is 1. The first-order chi connectivity index (χ1) is 14.2. The number of hydrogen-bond acceptors (Lipinski definition) is 5. The quantitative estimate of drug-likeness (QED) is 0.678. The monoisotopic (exact) mass is 391 g/mol. The van der Waals surface area contributed by atoms with E-state index in [1.807, 2.05) is 36.4 Å². The highest BCUT2D eigenvalue weighted by atomic mass is 16.5. The summed E-state index contributed by atoms with van der Waals surface area (Å²) in [4.78, 5) is 34.0. The van der Waals surface area contributed by atoms with E-state index in [-0.39, 0.29) is 18.4 Å². The fraction of sp³-hybridized carbons (Fsp3) is 0.348. The highest BCUT2D eigenvalue weighted by Gasteiger charge is 2.42. The van der Waals surface area contributed by atoms with Gasteiger partial charge >= 0.3 is 0 Å². The van der Waals surface area contributed by atoms with Gasteiger partial charge in [-0.2, -0.15) is 0 Å². The fourth-order valence-electron chi connectivity index (χ4n) is 3.81. The number of imide groups is 1. The number of benzene rings is 1. The number of amides is 2. The third kappa shape index (κ3) is 3.88. The average molecular weight is 391 g/mol. The van der Waals surface area contributed by atoms with E-state index in [1.54, 1.807) is 12.4 Å². The van der Waals surface area contributed by atoms with E-state index in [9.17, 15) is 9.59 Å². The molecule has 29 heavy (non-hydrogen) atoms. The van der Waals surface area contributed by atoms with E-state index in [0.29, 0.717) is 17.9 Å². The lowest BCUT2D eigenvalue weighted by atomic mass is 10.0. The number of carbonyl (C=O) groups excluding carboxylic acids is 2. The Bertz CT molecular complexity index is 916. The Morgan fingerprint density at radius 3 is 2.31 bits per heavy atom. The summed E-state index contributed by atoms with van der Waals surface area (Å²) in [5, 5.41) is 0. The van der Waals surface area contributed by atoms with E-state index in [1.165, 1.54) is 4.90 Å². The molecule has 0 unspecified atom stereocenters. The highest BCUT2D eigenvalue weighted by Crippen LogP contribution is 2.34. The van der Waals surface area contributed by atoms with Crippen LogP contribution in [0.2, 0.25) is 0 Å². The van der Waals surface area contributed by atoms with Crippen LogP contribution in [0.5, 0.6) is 5.75 Å². The standard InChI is InChI=1S/C23H25N3O3/c1-2-15-29-19-7-5-18(6-8-19)20-21(25-13-3-4-14-25)23(28)26(22(20)27)16-17-9-11-24-12-10-17/h5-12H,2-4,13-16H2,1H3. The van der Waals surface area contributed by atoms with Gasteiger partial charge in [0.15, 0.2) is 0 Å². The minimum atomic E-state index is -0.240. The maximum atomic E-state index is 13.3. The second-order valence-corrected chi connectivity index (χ2v) is 7.34. The molecule has 4 rings (SSSR count). The lowest BCUT2D eigenvalue weighted by Gasteiger charge is -2.20. The molecule has 0 N–H and O–H groups in total. The largest absolute Gasteiger partial charge is 0.494 e. The topological polar surface area (TPSA) is 62.7 Å². The average Bonchev–Trinajstić information content (AvgIpc) is 3.36. The van der Waals surface area contributed by atoms with Gasteiger partial charge in [0.25, 0.3) is 11.8 Å². The normalized spacial score (nSPS) is 16.9. The summed E-state index contributed by atoms with van der Waals surface area (Å²) < 4.78 is 5.65. The number of likely N-dealkylation sites (tertiary alicyclic amines) is 1. The van der Waals surface area contributed by atoms with Crippen LogP contribution < -0.4 is 4.74 Å². The summed E-state index contributed by atoms with van der Waals surface area (Å²) in [6, 6.07) is 11.1. The highest BCUT2D eigenvalue weighted by molar-refractivity contribution is 6.35. The summed E-state index contributed by atoms with van der Waals surface area (Å²) >= 11 is 0. The molecule has 1 aromatic heterocycles. The molecule has 0 aliphatic carbocycles. The van der Waals surface area contributed by atoms with Crippen LogP contribution in [0.1, 0.15) is 37.3 Å². The van der Waals surface area contributed by atoms with Gasteiger partial charge in [0.2, 0.25) is 0 Å². The van der Waals surface area contributed by atoms with Gasteiger partial charge in [-0.25, -0.2) is 0 Å². The number of nitrogens with zero attached hydrogens (tertiary/aromatic N) is 3. The van der Waals surface area contributed by atoms with Crippen LogP contribution in [0.15, 0.2) is 54.5 Å². The molecule has 0 bridgehead atoms. The molecule has 2 aliphatic rings. The number of pyridine rings is 1. The van der Waals surface area contributed by atoms with E-state index in [0.717, 1.165) is 49.2 Å². The molecule has 0 saturated carbocycles. The van der Waals surface area contributed by atoms with Gasteiger partial charge in [-0.05, 0) is 54.7 Å². The zero-order valence-electron chi connectivity index (χ0n) is 16.6. The van der Waals surface area contributed by atoms with Crippen LogP contribution in [0.25, 0.3) is 5.57 Å². The van der Waals surface area contributed by atoms with Crippen molar-refractivity contribution in [1.82, 2.24) is 14.8 Å². The van der Waals surface area contributed by atoms with Gasteiger partial charge in [0.05, 0.1) is 18.7 Å². The van der Waals surface area contributed by atoms with Crippen LogP contribution in [-0.4, -0.2) is 46.3 Å². The molecule has 6 nitrogen and oxygen atoms in total. The lowest BCUT2D eigenvalue weighted by Crippen LogP contribution is -2.34. The van der Waals surface area contributed by atoms with E-state index >= 15 is 0 Å². The van der Waals surface area contributed by atoms with E-state index < -0.39 is 0 Å². The number of aromatic nitrogens is 1. The first-order valence-electron chi connectivity index (χ1n) is 10.2. The molecular weight excluding hydrogens is 366 g/mol. The minimum Gasteiger partial charge on any atom is -0.494 e. The zero-order chi connectivity index (χ0) is 20.2. The minimum absolute atomic E-state index is 0.213. The second-order valence-electron chi connectivity index (χ2n) is 7.34. The van der Waals surface area contributed by atoms with Crippen LogP contribution >= 0.6 is 0 Å². The summed E-state index contributed by atoms with van der Waals surface area (Å²) in [5.41, 5.74) is 2.66. The molecule has 0 radical (unpaired) electrons. The fourth-order valence-corrected chi connectivity index (χ4v) is 3.81. The van der Waals surface area contributed by atoms with Gasteiger partial charge in [-0.3, -0.25) is 19.5 Å². The van der Waals surface area contributed by atoms with Crippen LogP contribution in [0, 0.1) is 0 Å². The Labute approximate surface area is 170 Å². The maximum absolute atomic E-state index is 13.3. The third-order valence-electron chi connectivity index (χ3n) is 5.27. The van der Waals surface area contributed by atoms with Crippen molar-refractivity contribution in [3.05, 3.63) is 65.6 Å². The Morgan fingerprint density at radius 1 is 0.966 bits per heavy atom. The van der Waals surface area contributed by atoms with Crippen molar-refractivity contribution in [2.24, 2.45) is 0 Å². The van der Waals surface area contributed by atoms with Crippen molar-refractivity contribution in [1.29, 1.82) is 0 Å². The Hall–Kier alpha value is -3.15. The first kappa shape index (κ1) is 19.2. The van der Waals surface area contributed by atoms with Crippen molar-refractivity contribution < 1.29 is 14.3 Å². The van der Waals surface area contributed by atoms with Crippen molar-refractivity contribution in [3.8, 4) is 5.75 Å². The van der Waals surface area contributed by atoms with Gasteiger partial charge in [0, 0.05) is 25.5 Å². The molecule has 2 amide bonds. The van der Waals surface area contributed by atoms with Crippen LogP contribution in [0.4, 0.5) is 0 Å². The van der Waals surface area contributed by atoms with E-state index in [2.05, 4.69) is 16.8 Å². The van der Waals surface area contributed by atoms with Crippen LogP contribution in [0.3, 0.4) is 0 Å². The molecule has 2 aliphatic heterocycles. The van der Waals surface area contributed by atoms with Gasteiger partial charge in [0.1, 0.15) is 11.4 Å². The molecule has 1 saturated heterocycles. The lowest BCUT2D eigenvalue weighted by molar-refractivity contribution is -0.138. The predicted molar refractivity (Wildman–Crippen MR) is 110 cm³/mol. The molecular formula is C23H25N3O3. The Balaban J connectivity index is 1.67. The molecule has 2 aromatic rings. The Kier molecular flexibility index (Phi) is 5.60. The van der Waals surface area contributed by atoms with Crippen LogP contribution in [-0.2, 0) is 16.1 Å². The number of rotatable bonds is 7. The second kappa shape index (κ2) is 8.47. The van der Waals surface area contributed by atoms with Gasteiger partial charge in [-0.1, -0.05) is 19.1 Å². The zero-order valence-corrected chi connectivity index (χ0v) is 16.6. The molecule has 0 atom stereocenters. The third-order valence-corrected chi connectivity index (χ3v) is 5.27. The van der Waals surface area contributed by atoms with Crippen molar-refractivity contribution in [3.63, 3.8) is 0 Å². The maximum Gasteiger partial charge on any atom is 0.278 e. The van der Waals surface area contributed by atoms with E-state index in [4.69, 9.17) is 4.74 Å². The summed E-state index contributed by atoms with van der Waals surface area (Å²) in [6.45, 7) is 4.57. The van der Waals surface area contributed by atoms with Gasteiger partial charge in [-0.15, -0.1) is 0 Å².